The molecule has 0 spiro atoms. The van der Waals surface area contributed by atoms with E-state index in [4.69, 9.17) is 11.6 Å². The third-order valence-electron chi connectivity index (χ3n) is 2.68. The van der Waals surface area contributed by atoms with Gasteiger partial charge in [-0.15, -0.1) is 0 Å². The molecule has 19 heavy (non-hydrogen) atoms. The van der Waals surface area contributed by atoms with E-state index in [2.05, 4.69) is 5.32 Å². The summed E-state index contributed by atoms with van der Waals surface area (Å²) in [5, 5.41) is 12.8. The molecule has 3 nitrogen and oxygen atoms in total. The van der Waals surface area contributed by atoms with Crippen molar-refractivity contribution >= 4 is 17.5 Å². The minimum absolute atomic E-state index is 0.103. The van der Waals surface area contributed by atoms with Gasteiger partial charge in [0, 0.05) is 17.1 Å². The number of halogens is 1. The van der Waals surface area contributed by atoms with Gasteiger partial charge in [0.25, 0.3) is 5.91 Å². The van der Waals surface area contributed by atoms with Crippen LogP contribution in [0.3, 0.4) is 0 Å². The monoisotopic (exact) mass is 275 g/mol. The Bertz CT molecular complexity index is 591. The molecule has 0 aliphatic heterocycles. The Morgan fingerprint density at radius 3 is 2.68 bits per heavy atom. The van der Waals surface area contributed by atoms with Gasteiger partial charge in [-0.25, -0.2) is 0 Å². The highest BCUT2D eigenvalue weighted by Gasteiger charge is 2.07. The van der Waals surface area contributed by atoms with E-state index in [-0.39, 0.29) is 11.7 Å². The van der Waals surface area contributed by atoms with E-state index in [1.807, 2.05) is 13.0 Å². The van der Waals surface area contributed by atoms with Crippen LogP contribution in [0, 0.1) is 0 Å². The van der Waals surface area contributed by atoms with Crippen molar-refractivity contribution in [3.8, 4) is 16.9 Å². The topological polar surface area (TPSA) is 49.3 Å². The Hall–Kier alpha value is -2.00. The van der Waals surface area contributed by atoms with Gasteiger partial charge in [0.15, 0.2) is 0 Å². The van der Waals surface area contributed by atoms with Gasteiger partial charge in [0.05, 0.1) is 0 Å². The first kappa shape index (κ1) is 13.4. The number of rotatable bonds is 3. The second-order valence-electron chi connectivity index (χ2n) is 4.14. The van der Waals surface area contributed by atoms with Crippen LogP contribution < -0.4 is 5.32 Å². The fourth-order valence-corrected chi connectivity index (χ4v) is 2.07. The zero-order valence-electron chi connectivity index (χ0n) is 10.5. The minimum Gasteiger partial charge on any atom is -0.508 e. The second kappa shape index (κ2) is 5.76. The van der Waals surface area contributed by atoms with Crippen molar-refractivity contribution in [3.63, 3.8) is 0 Å². The van der Waals surface area contributed by atoms with Crippen LogP contribution in [0.5, 0.6) is 5.75 Å². The van der Waals surface area contributed by atoms with Crippen LogP contribution in [0.15, 0.2) is 42.5 Å². The fraction of sp³-hybridized carbons (Fsp3) is 0.133. The Labute approximate surface area is 116 Å². The lowest BCUT2D eigenvalue weighted by molar-refractivity contribution is 0.0956. The lowest BCUT2D eigenvalue weighted by Gasteiger charge is -2.07. The molecule has 0 saturated heterocycles. The molecule has 0 aromatic heterocycles. The quantitative estimate of drug-likeness (QED) is 0.901. The highest BCUT2D eigenvalue weighted by molar-refractivity contribution is 6.31. The first-order chi connectivity index (χ1) is 9.10. The van der Waals surface area contributed by atoms with E-state index < -0.39 is 0 Å². The molecule has 0 aliphatic carbocycles. The lowest BCUT2D eigenvalue weighted by atomic mass is 10.0. The number of aromatic hydroxyl groups is 1. The van der Waals surface area contributed by atoms with Crippen molar-refractivity contribution in [1.82, 2.24) is 5.32 Å². The molecule has 0 heterocycles. The first-order valence-corrected chi connectivity index (χ1v) is 6.36. The van der Waals surface area contributed by atoms with Gasteiger partial charge in [-0.1, -0.05) is 23.7 Å². The van der Waals surface area contributed by atoms with E-state index in [0.717, 1.165) is 11.1 Å². The van der Waals surface area contributed by atoms with Crippen LogP contribution in [-0.4, -0.2) is 17.6 Å². The Balaban J connectivity index is 2.40. The molecule has 0 saturated carbocycles. The van der Waals surface area contributed by atoms with Crippen molar-refractivity contribution in [1.29, 1.82) is 0 Å². The highest BCUT2D eigenvalue weighted by Crippen LogP contribution is 2.28. The molecule has 0 aliphatic rings. The number of phenols is 1. The van der Waals surface area contributed by atoms with E-state index >= 15 is 0 Å². The SMILES string of the molecule is CCNC(=O)c1cccc(-c2cc(O)cc(Cl)c2)c1. The van der Waals surface area contributed by atoms with Crippen LogP contribution >= 0.6 is 11.6 Å². The summed E-state index contributed by atoms with van der Waals surface area (Å²) in [5.41, 5.74) is 2.19. The summed E-state index contributed by atoms with van der Waals surface area (Å²) in [6, 6.07) is 12.0. The maximum atomic E-state index is 11.8. The lowest BCUT2D eigenvalue weighted by Crippen LogP contribution is -2.22. The molecule has 1 amide bonds. The maximum Gasteiger partial charge on any atom is 0.251 e. The average Bonchev–Trinajstić information content (AvgIpc) is 2.38. The summed E-state index contributed by atoms with van der Waals surface area (Å²) in [5.74, 6) is -0.0125. The zero-order chi connectivity index (χ0) is 13.8. The number of nitrogens with one attached hydrogen (secondary N) is 1. The average molecular weight is 276 g/mol. The van der Waals surface area contributed by atoms with Gasteiger partial charge in [-0.2, -0.15) is 0 Å². The Morgan fingerprint density at radius 1 is 1.21 bits per heavy atom. The highest BCUT2D eigenvalue weighted by atomic mass is 35.5. The molecule has 2 N–H and O–H groups in total. The smallest absolute Gasteiger partial charge is 0.251 e. The van der Waals surface area contributed by atoms with E-state index in [9.17, 15) is 9.90 Å². The second-order valence-corrected chi connectivity index (χ2v) is 4.57. The third kappa shape index (κ3) is 3.26. The molecule has 98 valence electrons. The molecule has 0 radical (unpaired) electrons. The Kier molecular flexibility index (Phi) is 4.07. The van der Waals surface area contributed by atoms with Gasteiger partial charge in [0.1, 0.15) is 5.75 Å². The first-order valence-electron chi connectivity index (χ1n) is 5.98. The molecular formula is C15H14ClNO2. The van der Waals surface area contributed by atoms with Crippen LogP contribution in [0.25, 0.3) is 11.1 Å². The fourth-order valence-electron chi connectivity index (χ4n) is 1.84. The zero-order valence-corrected chi connectivity index (χ0v) is 11.2. The third-order valence-corrected chi connectivity index (χ3v) is 2.90. The van der Waals surface area contributed by atoms with Crippen LogP contribution in [0.1, 0.15) is 17.3 Å². The number of phenolic OH excluding ortho intramolecular Hbond substituents is 1. The summed E-state index contributed by atoms with van der Waals surface area (Å²) in [7, 11) is 0. The number of amides is 1. The molecule has 2 rings (SSSR count). The molecule has 0 unspecified atom stereocenters. The molecule has 2 aromatic carbocycles. The summed E-state index contributed by atoms with van der Waals surface area (Å²) >= 11 is 5.91. The largest absolute Gasteiger partial charge is 0.508 e. The molecule has 2 aromatic rings. The predicted octanol–water partition coefficient (Wildman–Crippen LogP) is 3.46. The van der Waals surface area contributed by atoms with Gasteiger partial charge >= 0.3 is 0 Å². The van der Waals surface area contributed by atoms with Crippen molar-refractivity contribution in [2.75, 3.05) is 6.54 Å². The summed E-state index contributed by atoms with van der Waals surface area (Å²) in [6.45, 7) is 2.46. The normalized spacial score (nSPS) is 10.2. The van der Waals surface area contributed by atoms with Crippen molar-refractivity contribution in [2.24, 2.45) is 0 Å². The number of benzene rings is 2. The molecule has 0 bridgehead atoms. The number of hydrogen-bond acceptors (Lipinski definition) is 2. The van der Waals surface area contributed by atoms with Gasteiger partial charge in [0.2, 0.25) is 0 Å². The number of carbonyl (C=O) groups excluding carboxylic acids is 1. The van der Waals surface area contributed by atoms with Gasteiger partial charge < -0.3 is 10.4 Å². The number of carbonyl (C=O) groups is 1. The molecular weight excluding hydrogens is 262 g/mol. The van der Waals surface area contributed by atoms with Crippen molar-refractivity contribution in [3.05, 3.63) is 53.1 Å². The van der Waals surface area contributed by atoms with Crippen LogP contribution in [-0.2, 0) is 0 Å². The van der Waals surface area contributed by atoms with Crippen molar-refractivity contribution < 1.29 is 9.90 Å². The standard InChI is InChI=1S/C15H14ClNO2/c1-2-17-15(19)11-5-3-4-10(6-11)12-7-13(16)9-14(18)8-12/h3-9,18H,2H2,1H3,(H,17,19). The predicted molar refractivity (Wildman–Crippen MR) is 76.6 cm³/mol. The van der Waals surface area contributed by atoms with E-state index in [1.165, 1.54) is 6.07 Å². The summed E-state index contributed by atoms with van der Waals surface area (Å²) < 4.78 is 0. The maximum absolute atomic E-state index is 11.8. The van der Waals surface area contributed by atoms with Gasteiger partial charge in [-0.3, -0.25) is 4.79 Å². The van der Waals surface area contributed by atoms with Crippen LogP contribution in [0.2, 0.25) is 5.02 Å². The summed E-state index contributed by atoms with van der Waals surface area (Å²) in [4.78, 5) is 11.8. The molecule has 0 fully saturated rings. The van der Waals surface area contributed by atoms with Crippen LogP contribution in [0.4, 0.5) is 0 Å². The van der Waals surface area contributed by atoms with E-state index in [0.29, 0.717) is 17.1 Å². The van der Waals surface area contributed by atoms with Gasteiger partial charge in [-0.05, 0) is 48.4 Å². The Morgan fingerprint density at radius 2 is 2.00 bits per heavy atom. The minimum atomic E-state index is -0.115. The summed E-state index contributed by atoms with van der Waals surface area (Å²) in [6.07, 6.45) is 0. The molecule has 4 heteroatoms. The van der Waals surface area contributed by atoms with Crippen molar-refractivity contribution in [2.45, 2.75) is 6.92 Å². The van der Waals surface area contributed by atoms with E-state index in [1.54, 1.807) is 30.3 Å². The number of hydrogen-bond donors (Lipinski definition) is 2. The molecule has 0 atom stereocenters.